The minimum absolute atomic E-state index is 0.0560. The van der Waals surface area contributed by atoms with E-state index in [0.717, 1.165) is 5.75 Å². The molecule has 0 saturated heterocycles. The van der Waals surface area contributed by atoms with Crippen LogP contribution in [-0.2, 0) is 16.6 Å². The number of nitrogens with zero attached hydrogens (tertiary/aromatic N) is 2. The van der Waals surface area contributed by atoms with Gasteiger partial charge in [0.1, 0.15) is 28.1 Å². The molecule has 0 aliphatic carbocycles. The molecule has 0 bridgehead atoms. The molecule has 8 nitrogen and oxygen atoms in total. The largest absolute Gasteiger partial charge is 0.486 e. The van der Waals surface area contributed by atoms with Crippen molar-refractivity contribution in [2.45, 2.75) is 18.4 Å². The number of carbonyl (C=O) groups is 1. The van der Waals surface area contributed by atoms with Crippen molar-refractivity contribution in [3.8, 4) is 5.75 Å². The van der Waals surface area contributed by atoms with Gasteiger partial charge in [-0.25, -0.2) is 18.4 Å². The number of anilines is 2. The van der Waals surface area contributed by atoms with Crippen LogP contribution in [-0.4, -0.2) is 24.3 Å². The average molecular weight is 481 g/mol. The number of hydrogen-bond donors (Lipinski definition) is 2. The molecule has 4 aromatic rings. The molecule has 33 heavy (non-hydrogen) atoms. The molecule has 0 aliphatic heterocycles. The second-order valence-corrected chi connectivity index (χ2v) is 9.69. The van der Waals surface area contributed by atoms with Crippen LogP contribution in [0.1, 0.15) is 20.4 Å². The Morgan fingerprint density at radius 3 is 2.42 bits per heavy atom. The third-order valence-corrected chi connectivity index (χ3v) is 6.98. The lowest BCUT2D eigenvalue weighted by Gasteiger charge is -2.08. The minimum atomic E-state index is -3.79. The second-order valence-electron chi connectivity index (χ2n) is 6.92. The van der Waals surface area contributed by atoms with Crippen molar-refractivity contribution < 1.29 is 17.9 Å². The number of ether oxygens (including phenoxy) is 1. The number of thiazole rings is 1. The van der Waals surface area contributed by atoms with E-state index in [2.05, 4.69) is 20.0 Å². The van der Waals surface area contributed by atoms with Gasteiger partial charge in [-0.1, -0.05) is 24.3 Å². The third kappa shape index (κ3) is 5.73. The fourth-order valence-electron chi connectivity index (χ4n) is 2.91. The van der Waals surface area contributed by atoms with E-state index in [4.69, 9.17) is 4.74 Å². The normalized spacial score (nSPS) is 11.1. The molecule has 0 atom stereocenters. The van der Waals surface area contributed by atoms with Crippen LogP contribution in [0.15, 0.2) is 83.9 Å². The summed E-state index contributed by atoms with van der Waals surface area (Å²) in [4.78, 5) is 21.6. The molecular weight excluding hydrogens is 460 g/mol. The van der Waals surface area contributed by atoms with Gasteiger partial charge in [0.15, 0.2) is 0 Å². The molecule has 0 unspecified atom stereocenters. The lowest BCUT2D eigenvalue weighted by atomic mass is 10.3. The van der Waals surface area contributed by atoms with E-state index < -0.39 is 10.0 Å². The topological polar surface area (TPSA) is 110 Å². The summed E-state index contributed by atoms with van der Waals surface area (Å²) in [6.45, 7) is 2.02. The van der Waals surface area contributed by atoms with Crippen LogP contribution in [0.2, 0.25) is 0 Å². The number of benzene rings is 2. The van der Waals surface area contributed by atoms with E-state index in [9.17, 15) is 13.2 Å². The van der Waals surface area contributed by atoms with Crippen molar-refractivity contribution in [2.75, 3.05) is 10.0 Å². The first-order valence-electron chi connectivity index (χ1n) is 9.90. The van der Waals surface area contributed by atoms with Crippen LogP contribution in [0, 0.1) is 6.92 Å². The number of sulfonamides is 1. The highest BCUT2D eigenvalue weighted by molar-refractivity contribution is 7.92. The van der Waals surface area contributed by atoms with Crippen molar-refractivity contribution in [1.29, 1.82) is 0 Å². The molecule has 168 valence electrons. The van der Waals surface area contributed by atoms with Gasteiger partial charge < -0.3 is 10.1 Å². The molecule has 2 aromatic heterocycles. The molecule has 0 spiro atoms. The Kier molecular flexibility index (Phi) is 6.66. The number of carbonyl (C=O) groups excluding carboxylic acids is 1. The summed E-state index contributed by atoms with van der Waals surface area (Å²) in [5, 5.41) is 3.46. The second kappa shape index (κ2) is 9.80. The molecule has 0 saturated carbocycles. The first-order valence-corrected chi connectivity index (χ1v) is 12.2. The molecule has 1 amide bonds. The highest BCUT2D eigenvalue weighted by Crippen LogP contribution is 2.23. The number of pyridine rings is 1. The molecule has 4 rings (SSSR count). The Morgan fingerprint density at radius 2 is 1.73 bits per heavy atom. The quantitative estimate of drug-likeness (QED) is 0.385. The van der Waals surface area contributed by atoms with Gasteiger partial charge in [0.25, 0.3) is 15.9 Å². The van der Waals surface area contributed by atoms with Crippen LogP contribution in [0.5, 0.6) is 5.75 Å². The Morgan fingerprint density at radius 1 is 1.00 bits per heavy atom. The van der Waals surface area contributed by atoms with Crippen molar-refractivity contribution in [2.24, 2.45) is 0 Å². The van der Waals surface area contributed by atoms with Gasteiger partial charge in [-0.3, -0.25) is 9.52 Å². The van der Waals surface area contributed by atoms with Gasteiger partial charge in [-0.15, -0.1) is 11.3 Å². The van der Waals surface area contributed by atoms with Crippen LogP contribution < -0.4 is 14.8 Å². The van der Waals surface area contributed by atoms with Gasteiger partial charge >= 0.3 is 0 Å². The van der Waals surface area contributed by atoms with E-state index in [-0.39, 0.29) is 23.2 Å². The number of para-hydroxylation sites is 1. The summed E-state index contributed by atoms with van der Waals surface area (Å²) in [6.07, 6.45) is 1.50. The van der Waals surface area contributed by atoms with Crippen LogP contribution >= 0.6 is 11.3 Å². The summed E-state index contributed by atoms with van der Waals surface area (Å²) in [5.74, 6) is 0.629. The van der Waals surface area contributed by atoms with Gasteiger partial charge in [-0.2, -0.15) is 0 Å². The number of rotatable bonds is 8. The summed E-state index contributed by atoms with van der Waals surface area (Å²) < 4.78 is 33.1. The lowest BCUT2D eigenvalue weighted by molar-refractivity contribution is 0.103. The van der Waals surface area contributed by atoms with E-state index in [1.54, 1.807) is 25.1 Å². The minimum Gasteiger partial charge on any atom is -0.486 e. The maximum absolute atomic E-state index is 12.7. The zero-order chi connectivity index (χ0) is 23.3. The van der Waals surface area contributed by atoms with E-state index in [0.29, 0.717) is 21.3 Å². The van der Waals surface area contributed by atoms with E-state index in [1.165, 1.54) is 41.8 Å². The number of nitrogens with one attached hydrogen (secondary N) is 2. The van der Waals surface area contributed by atoms with Crippen molar-refractivity contribution in [3.63, 3.8) is 0 Å². The maximum Gasteiger partial charge on any atom is 0.267 e. The maximum atomic E-state index is 12.7. The number of aryl methyl sites for hydroxylation is 1. The first kappa shape index (κ1) is 22.4. The Labute approximate surface area is 195 Å². The summed E-state index contributed by atoms with van der Waals surface area (Å²) in [6, 6.07) is 20.2. The van der Waals surface area contributed by atoms with Crippen molar-refractivity contribution >= 4 is 38.8 Å². The van der Waals surface area contributed by atoms with Gasteiger partial charge in [0.05, 0.1) is 10.6 Å². The SMILES string of the molecule is Cc1nc(COc2ccccc2)sc1C(=O)Nc1ccc(S(=O)(=O)Nc2ccccn2)cc1. The molecule has 10 heteroatoms. The van der Waals surface area contributed by atoms with E-state index >= 15 is 0 Å². The predicted molar refractivity (Wildman–Crippen MR) is 127 cm³/mol. The van der Waals surface area contributed by atoms with Crippen LogP contribution in [0.3, 0.4) is 0 Å². The van der Waals surface area contributed by atoms with Gasteiger partial charge in [0.2, 0.25) is 0 Å². The standard InChI is InChI=1S/C23H20N4O4S2/c1-16-22(32-21(25-16)15-31-18-7-3-2-4-8-18)23(28)26-17-10-12-19(13-11-17)33(29,30)27-20-9-5-6-14-24-20/h2-14H,15H2,1H3,(H,24,27)(H,26,28). The zero-order valence-corrected chi connectivity index (χ0v) is 19.2. The predicted octanol–water partition coefficient (Wildman–Crippen LogP) is 4.48. The number of amides is 1. The Hall–Kier alpha value is -3.76. The monoisotopic (exact) mass is 480 g/mol. The smallest absolute Gasteiger partial charge is 0.267 e. The Bertz CT molecular complexity index is 1340. The highest BCUT2D eigenvalue weighted by atomic mass is 32.2. The van der Waals surface area contributed by atoms with Crippen molar-refractivity contribution in [1.82, 2.24) is 9.97 Å². The first-order chi connectivity index (χ1) is 15.9. The third-order valence-electron chi connectivity index (χ3n) is 4.48. The Balaban J connectivity index is 1.40. The fourth-order valence-corrected chi connectivity index (χ4v) is 4.79. The molecule has 2 aromatic carbocycles. The molecule has 2 heterocycles. The summed E-state index contributed by atoms with van der Waals surface area (Å²) in [5.41, 5.74) is 1.06. The summed E-state index contributed by atoms with van der Waals surface area (Å²) >= 11 is 1.25. The van der Waals surface area contributed by atoms with Gasteiger partial charge in [0, 0.05) is 11.9 Å². The van der Waals surface area contributed by atoms with Gasteiger partial charge in [-0.05, 0) is 55.5 Å². The molecule has 0 radical (unpaired) electrons. The van der Waals surface area contributed by atoms with Crippen molar-refractivity contribution in [3.05, 3.63) is 94.6 Å². The molecule has 0 aliphatic rings. The number of hydrogen-bond acceptors (Lipinski definition) is 7. The summed E-state index contributed by atoms with van der Waals surface area (Å²) in [7, 11) is -3.79. The average Bonchev–Trinajstić information content (AvgIpc) is 3.20. The molecule has 0 fully saturated rings. The van der Waals surface area contributed by atoms with E-state index in [1.807, 2.05) is 30.3 Å². The number of aromatic nitrogens is 2. The lowest BCUT2D eigenvalue weighted by Crippen LogP contribution is -2.14. The molecular formula is C23H20N4O4S2. The highest BCUT2D eigenvalue weighted by Gasteiger charge is 2.18. The zero-order valence-electron chi connectivity index (χ0n) is 17.6. The fraction of sp³-hybridized carbons (Fsp3) is 0.0870. The van der Waals surface area contributed by atoms with Crippen LogP contribution in [0.4, 0.5) is 11.5 Å². The molecule has 2 N–H and O–H groups in total. The van der Waals surface area contributed by atoms with Crippen LogP contribution in [0.25, 0.3) is 0 Å².